The van der Waals surface area contributed by atoms with Gasteiger partial charge < -0.3 is 14.4 Å². The van der Waals surface area contributed by atoms with E-state index < -0.39 is 5.97 Å². The highest BCUT2D eigenvalue weighted by atomic mass is 19.1. The van der Waals surface area contributed by atoms with Crippen LogP contribution in [0.3, 0.4) is 0 Å². The molecule has 1 unspecified atom stereocenters. The second-order valence-corrected chi connectivity index (χ2v) is 6.43. The van der Waals surface area contributed by atoms with Crippen molar-refractivity contribution in [1.29, 1.82) is 0 Å². The van der Waals surface area contributed by atoms with E-state index in [9.17, 15) is 14.0 Å². The average Bonchev–Trinajstić information content (AvgIpc) is 3.00. The number of carbonyl (C=O) groups excluding carboxylic acids is 2. The Bertz CT molecular complexity index is 922. The fourth-order valence-corrected chi connectivity index (χ4v) is 3.40. The molecule has 7 nitrogen and oxygen atoms in total. The molecule has 1 aromatic carbocycles. The van der Waals surface area contributed by atoms with Gasteiger partial charge in [-0.05, 0) is 26.0 Å². The number of hydrogen-bond acceptors (Lipinski definition) is 5. The summed E-state index contributed by atoms with van der Waals surface area (Å²) < 4.78 is 25.9. The summed E-state index contributed by atoms with van der Waals surface area (Å²) in [5, 5.41) is 4.49. The van der Waals surface area contributed by atoms with Crippen LogP contribution in [0.5, 0.6) is 0 Å². The van der Waals surface area contributed by atoms with Crippen LogP contribution >= 0.6 is 0 Å². The Kier molecular flexibility index (Phi) is 5.89. The quantitative estimate of drug-likeness (QED) is 0.594. The molecule has 2 heterocycles. The minimum Gasteiger partial charge on any atom is -0.466 e. The van der Waals surface area contributed by atoms with Gasteiger partial charge in [0.25, 0.3) is 0 Å². The van der Waals surface area contributed by atoms with E-state index in [1.54, 1.807) is 27.8 Å². The van der Waals surface area contributed by atoms with E-state index in [-0.39, 0.29) is 17.8 Å². The maximum atomic E-state index is 14.3. The van der Waals surface area contributed by atoms with E-state index in [4.69, 9.17) is 4.74 Å². The molecule has 1 aliphatic rings. The zero-order chi connectivity index (χ0) is 20.3. The molecular weight excluding hydrogens is 365 g/mol. The molecule has 0 saturated carbocycles. The lowest BCUT2D eigenvalue weighted by Crippen LogP contribution is -2.43. The standard InChI is InChI=1S/C20H22FN3O4/c1-13-20(14(2)24(22-13)16-7-5-4-6-15(16)21)17-12-28-11-10-23(17)18(25)8-9-19(26)27-3/h4-9,17H,10-12H2,1-3H3/b9-8+. The molecular formula is C20H22FN3O4. The molecule has 1 fully saturated rings. The first-order valence-electron chi connectivity index (χ1n) is 8.89. The van der Waals surface area contributed by atoms with Gasteiger partial charge >= 0.3 is 5.97 Å². The average molecular weight is 387 g/mol. The summed E-state index contributed by atoms with van der Waals surface area (Å²) in [6.45, 7) is 4.72. The molecule has 0 spiro atoms. The van der Waals surface area contributed by atoms with Gasteiger partial charge in [0, 0.05) is 30.0 Å². The molecule has 0 N–H and O–H groups in total. The third-order valence-corrected chi connectivity index (χ3v) is 4.74. The highest BCUT2D eigenvalue weighted by Gasteiger charge is 2.32. The Balaban J connectivity index is 1.97. The number of nitrogens with zero attached hydrogens (tertiary/aromatic N) is 3. The van der Waals surface area contributed by atoms with Crippen molar-refractivity contribution in [1.82, 2.24) is 14.7 Å². The number of esters is 1. The number of para-hydroxylation sites is 1. The van der Waals surface area contributed by atoms with Crippen LogP contribution in [0, 0.1) is 19.7 Å². The molecule has 28 heavy (non-hydrogen) atoms. The van der Waals surface area contributed by atoms with Crippen LogP contribution in [0.25, 0.3) is 5.69 Å². The second-order valence-electron chi connectivity index (χ2n) is 6.43. The maximum absolute atomic E-state index is 14.3. The van der Waals surface area contributed by atoms with Crippen molar-refractivity contribution in [2.45, 2.75) is 19.9 Å². The number of halogens is 1. The number of rotatable bonds is 4. The number of ether oxygens (including phenoxy) is 2. The SMILES string of the molecule is COC(=O)/C=C/C(=O)N1CCOCC1c1c(C)nn(-c2ccccc2F)c1C. The highest BCUT2D eigenvalue weighted by Crippen LogP contribution is 2.31. The second kappa shape index (κ2) is 8.35. The molecule has 8 heteroatoms. The van der Waals surface area contributed by atoms with E-state index in [2.05, 4.69) is 9.84 Å². The van der Waals surface area contributed by atoms with E-state index in [1.807, 2.05) is 13.8 Å². The van der Waals surface area contributed by atoms with Crippen LogP contribution in [0.4, 0.5) is 4.39 Å². The molecule has 1 aromatic heterocycles. The van der Waals surface area contributed by atoms with Crippen molar-refractivity contribution in [3.8, 4) is 5.69 Å². The first kappa shape index (κ1) is 19.8. The predicted molar refractivity (Wildman–Crippen MR) is 99.4 cm³/mol. The highest BCUT2D eigenvalue weighted by molar-refractivity contribution is 5.94. The van der Waals surface area contributed by atoms with Gasteiger partial charge in [0.05, 0.1) is 32.1 Å². The number of aromatic nitrogens is 2. The molecule has 1 amide bonds. The smallest absolute Gasteiger partial charge is 0.330 e. The summed E-state index contributed by atoms with van der Waals surface area (Å²) in [7, 11) is 1.25. The van der Waals surface area contributed by atoms with Crippen LogP contribution in [-0.4, -0.2) is 53.4 Å². The van der Waals surface area contributed by atoms with Gasteiger partial charge in [-0.15, -0.1) is 0 Å². The zero-order valence-electron chi connectivity index (χ0n) is 16.0. The first-order chi connectivity index (χ1) is 13.4. The summed E-state index contributed by atoms with van der Waals surface area (Å²) in [4.78, 5) is 25.6. The van der Waals surface area contributed by atoms with Gasteiger partial charge in [-0.25, -0.2) is 13.9 Å². The summed E-state index contributed by atoms with van der Waals surface area (Å²) in [5.41, 5.74) is 2.57. The molecule has 1 atom stereocenters. The summed E-state index contributed by atoms with van der Waals surface area (Å²) in [6, 6.07) is 6.00. The van der Waals surface area contributed by atoms with Crippen LogP contribution in [0.2, 0.25) is 0 Å². The number of carbonyl (C=O) groups is 2. The number of amides is 1. The number of benzene rings is 1. The minimum atomic E-state index is -0.599. The fraction of sp³-hybridized carbons (Fsp3) is 0.350. The third kappa shape index (κ3) is 3.82. The molecule has 0 radical (unpaired) electrons. The molecule has 1 saturated heterocycles. The Morgan fingerprint density at radius 1 is 1.29 bits per heavy atom. The predicted octanol–water partition coefficient (Wildman–Crippen LogP) is 2.26. The van der Waals surface area contributed by atoms with Gasteiger partial charge in [0.2, 0.25) is 5.91 Å². The largest absolute Gasteiger partial charge is 0.466 e. The Labute approximate surface area is 162 Å². The molecule has 3 rings (SSSR count). The third-order valence-electron chi connectivity index (χ3n) is 4.74. The van der Waals surface area contributed by atoms with Gasteiger partial charge in [-0.3, -0.25) is 4.79 Å². The van der Waals surface area contributed by atoms with Crippen LogP contribution in [0.1, 0.15) is 23.0 Å². The summed E-state index contributed by atoms with van der Waals surface area (Å²) in [6.07, 6.45) is 2.29. The lowest BCUT2D eigenvalue weighted by Gasteiger charge is -2.35. The van der Waals surface area contributed by atoms with Crippen molar-refractivity contribution in [2.24, 2.45) is 0 Å². The van der Waals surface area contributed by atoms with Gasteiger partial charge in [0.1, 0.15) is 11.5 Å². The van der Waals surface area contributed by atoms with Crippen molar-refractivity contribution < 1.29 is 23.5 Å². The van der Waals surface area contributed by atoms with E-state index in [0.29, 0.717) is 31.1 Å². The first-order valence-corrected chi connectivity index (χ1v) is 8.89. The van der Waals surface area contributed by atoms with E-state index in [1.165, 1.54) is 19.3 Å². The molecule has 1 aliphatic heterocycles. The van der Waals surface area contributed by atoms with Crippen LogP contribution < -0.4 is 0 Å². The topological polar surface area (TPSA) is 73.7 Å². The van der Waals surface area contributed by atoms with Crippen molar-refractivity contribution >= 4 is 11.9 Å². The fourth-order valence-electron chi connectivity index (χ4n) is 3.40. The van der Waals surface area contributed by atoms with Gasteiger partial charge in [-0.1, -0.05) is 12.1 Å². The number of morpholine rings is 1. The minimum absolute atomic E-state index is 0.294. The van der Waals surface area contributed by atoms with E-state index in [0.717, 1.165) is 17.3 Å². The monoisotopic (exact) mass is 387 g/mol. The number of methoxy groups -OCH3 is 1. The van der Waals surface area contributed by atoms with E-state index >= 15 is 0 Å². The van der Waals surface area contributed by atoms with Crippen LogP contribution in [0.15, 0.2) is 36.4 Å². The molecule has 0 aliphatic carbocycles. The molecule has 148 valence electrons. The molecule has 2 aromatic rings. The molecule has 0 bridgehead atoms. The Morgan fingerprint density at radius 3 is 2.75 bits per heavy atom. The van der Waals surface area contributed by atoms with Gasteiger partial charge in [-0.2, -0.15) is 5.10 Å². The lowest BCUT2D eigenvalue weighted by atomic mass is 10.0. The van der Waals surface area contributed by atoms with Crippen molar-refractivity contribution in [3.63, 3.8) is 0 Å². The lowest BCUT2D eigenvalue weighted by molar-refractivity contribution is -0.137. The summed E-state index contributed by atoms with van der Waals surface area (Å²) >= 11 is 0. The van der Waals surface area contributed by atoms with Crippen LogP contribution in [-0.2, 0) is 19.1 Å². The van der Waals surface area contributed by atoms with Crippen molar-refractivity contribution in [3.05, 3.63) is 59.2 Å². The van der Waals surface area contributed by atoms with Gasteiger partial charge in [0.15, 0.2) is 0 Å². The number of aryl methyl sites for hydroxylation is 1. The number of hydrogen-bond donors (Lipinski definition) is 0. The summed E-state index contributed by atoms with van der Waals surface area (Å²) in [5.74, 6) is -1.30. The maximum Gasteiger partial charge on any atom is 0.330 e. The van der Waals surface area contributed by atoms with Crippen molar-refractivity contribution in [2.75, 3.05) is 26.9 Å². The zero-order valence-corrected chi connectivity index (χ0v) is 16.0. The Morgan fingerprint density at radius 2 is 2.04 bits per heavy atom. The Hall–Kier alpha value is -3.00. The normalized spacial score (nSPS) is 17.1.